The van der Waals surface area contributed by atoms with Crippen LogP contribution in [-0.4, -0.2) is 93.6 Å². The number of ether oxygens (including phenoxy) is 1. The number of amides is 3. The molecule has 1 spiro atoms. The van der Waals surface area contributed by atoms with Gasteiger partial charge in [-0.2, -0.15) is 0 Å². The summed E-state index contributed by atoms with van der Waals surface area (Å²) in [6.07, 6.45) is 10.9. The molecule has 2 fully saturated rings. The fourth-order valence-corrected chi connectivity index (χ4v) is 6.62. The summed E-state index contributed by atoms with van der Waals surface area (Å²) in [5.41, 5.74) is -2.18. The summed E-state index contributed by atoms with van der Waals surface area (Å²) in [4.78, 5) is 47.0. The molecule has 4 aliphatic heterocycles. The predicted molar refractivity (Wildman–Crippen MR) is 128 cm³/mol. The SMILES string of the molecule is CCCC(C)N1CC=C[C@]23O[C@]4(CC)C=CCN(CCC)C(=O)[C@@H]4[C@H]2C(=O)N(CCO)C3C1=O. The Labute approximate surface area is 202 Å². The molecule has 188 valence electrons. The molecule has 1 N–H and O–H groups in total. The van der Waals surface area contributed by atoms with Crippen LogP contribution in [0.3, 0.4) is 0 Å². The zero-order chi connectivity index (χ0) is 24.7. The second-order valence-corrected chi connectivity index (χ2v) is 10.1. The fourth-order valence-electron chi connectivity index (χ4n) is 6.62. The van der Waals surface area contributed by atoms with Crippen LogP contribution >= 0.6 is 0 Å². The van der Waals surface area contributed by atoms with Crippen LogP contribution in [0.25, 0.3) is 0 Å². The highest BCUT2D eigenvalue weighted by molar-refractivity contribution is 6.00. The van der Waals surface area contributed by atoms with Crippen molar-refractivity contribution in [3.63, 3.8) is 0 Å². The summed E-state index contributed by atoms with van der Waals surface area (Å²) < 4.78 is 6.87. The first-order valence-electron chi connectivity index (χ1n) is 12.9. The number of hydrogen-bond acceptors (Lipinski definition) is 5. The molecule has 0 aromatic heterocycles. The minimum absolute atomic E-state index is 0.0102. The average molecular weight is 474 g/mol. The number of nitrogens with zero attached hydrogens (tertiary/aromatic N) is 3. The average Bonchev–Trinajstić information content (AvgIpc) is 3.09. The van der Waals surface area contributed by atoms with Gasteiger partial charge in [0.25, 0.3) is 0 Å². The molecule has 0 bridgehead atoms. The highest BCUT2D eigenvalue weighted by Gasteiger charge is 2.75. The summed E-state index contributed by atoms with van der Waals surface area (Å²) in [6.45, 7) is 9.42. The highest BCUT2D eigenvalue weighted by Crippen LogP contribution is 2.58. The summed E-state index contributed by atoms with van der Waals surface area (Å²) in [5.74, 6) is -2.05. The third-order valence-electron chi connectivity index (χ3n) is 8.13. The molecule has 34 heavy (non-hydrogen) atoms. The smallest absolute Gasteiger partial charge is 0.249 e. The van der Waals surface area contributed by atoms with Gasteiger partial charge in [0.15, 0.2) is 0 Å². The van der Waals surface area contributed by atoms with E-state index < -0.39 is 29.1 Å². The maximum Gasteiger partial charge on any atom is 0.249 e. The van der Waals surface area contributed by atoms with Gasteiger partial charge in [0.2, 0.25) is 17.7 Å². The van der Waals surface area contributed by atoms with Gasteiger partial charge in [0.05, 0.1) is 24.0 Å². The van der Waals surface area contributed by atoms with Crippen LogP contribution in [0, 0.1) is 11.8 Å². The molecule has 2 unspecified atom stereocenters. The number of carbonyl (C=O) groups excluding carboxylic acids is 3. The molecule has 8 nitrogen and oxygen atoms in total. The largest absolute Gasteiger partial charge is 0.395 e. The molecule has 0 aliphatic carbocycles. The Morgan fingerprint density at radius 1 is 1.00 bits per heavy atom. The van der Waals surface area contributed by atoms with Gasteiger partial charge in [-0.1, -0.05) is 51.5 Å². The molecule has 0 aromatic carbocycles. The van der Waals surface area contributed by atoms with E-state index in [2.05, 4.69) is 6.92 Å². The van der Waals surface area contributed by atoms with E-state index in [0.717, 1.165) is 19.3 Å². The summed E-state index contributed by atoms with van der Waals surface area (Å²) in [6, 6.07) is -0.887. The molecule has 3 amide bonds. The Hall–Kier alpha value is -2.19. The topological polar surface area (TPSA) is 90.4 Å². The quantitative estimate of drug-likeness (QED) is 0.543. The summed E-state index contributed by atoms with van der Waals surface area (Å²) in [5, 5.41) is 9.79. The second kappa shape index (κ2) is 9.46. The van der Waals surface area contributed by atoms with E-state index in [0.29, 0.717) is 26.1 Å². The van der Waals surface area contributed by atoms with Crippen molar-refractivity contribution in [3.8, 4) is 0 Å². The van der Waals surface area contributed by atoms with Crippen molar-refractivity contribution in [2.45, 2.75) is 76.7 Å². The molecule has 2 saturated heterocycles. The molecule has 4 rings (SSSR count). The Kier molecular flexibility index (Phi) is 6.93. The summed E-state index contributed by atoms with van der Waals surface area (Å²) in [7, 11) is 0. The van der Waals surface area contributed by atoms with Gasteiger partial charge in [-0.05, 0) is 26.2 Å². The fraction of sp³-hybridized carbons (Fsp3) is 0.731. The molecule has 0 saturated carbocycles. The Morgan fingerprint density at radius 2 is 1.74 bits per heavy atom. The van der Waals surface area contributed by atoms with E-state index in [9.17, 15) is 19.5 Å². The second-order valence-electron chi connectivity index (χ2n) is 10.1. The number of aliphatic hydroxyl groups is 1. The number of hydrogen-bond donors (Lipinski definition) is 1. The Morgan fingerprint density at radius 3 is 2.38 bits per heavy atom. The molecule has 0 aromatic rings. The third kappa shape index (κ3) is 3.52. The molecule has 4 heterocycles. The predicted octanol–water partition coefficient (Wildman–Crippen LogP) is 1.74. The van der Waals surface area contributed by atoms with Crippen LogP contribution in [-0.2, 0) is 19.1 Å². The third-order valence-corrected chi connectivity index (χ3v) is 8.13. The number of β-amino-alcohol motifs (C(OH)–C–C–N with tert-alkyl or cyclic N) is 1. The van der Waals surface area contributed by atoms with E-state index in [4.69, 9.17) is 4.74 Å². The van der Waals surface area contributed by atoms with Gasteiger partial charge in [-0.3, -0.25) is 14.4 Å². The van der Waals surface area contributed by atoms with Crippen molar-refractivity contribution < 1.29 is 24.2 Å². The van der Waals surface area contributed by atoms with Crippen LogP contribution in [0.1, 0.15) is 53.4 Å². The van der Waals surface area contributed by atoms with Gasteiger partial charge >= 0.3 is 0 Å². The van der Waals surface area contributed by atoms with Crippen molar-refractivity contribution in [2.75, 3.05) is 32.8 Å². The maximum atomic E-state index is 14.0. The zero-order valence-electron chi connectivity index (χ0n) is 20.9. The summed E-state index contributed by atoms with van der Waals surface area (Å²) >= 11 is 0. The van der Waals surface area contributed by atoms with Crippen LogP contribution in [0.5, 0.6) is 0 Å². The van der Waals surface area contributed by atoms with Crippen molar-refractivity contribution in [2.24, 2.45) is 11.8 Å². The Balaban J connectivity index is 1.85. The minimum atomic E-state index is -1.24. The van der Waals surface area contributed by atoms with Gasteiger partial charge in [0, 0.05) is 32.2 Å². The number of carbonyl (C=O) groups is 3. The lowest BCUT2D eigenvalue weighted by molar-refractivity contribution is -0.155. The van der Waals surface area contributed by atoms with E-state index in [1.807, 2.05) is 50.0 Å². The van der Waals surface area contributed by atoms with Crippen molar-refractivity contribution in [3.05, 3.63) is 24.3 Å². The highest BCUT2D eigenvalue weighted by atomic mass is 16.5. The number of aliphatic hydroxyl groups excluding tert-OH is 1. The van der Waals surface area contributed by atoms with E-state index in [1.54, 1.807) is 4.90 Å². The first-order chi connectivity index (χ1) is 16.3. The van der Waals surface area contributed by atoms with Crippen molar-refractivity contribution in [1.29, 1.82) is 0 Å². The van der Waals surface area contributed by atoms with E-state index in [1.165, 1.54) is 4.90 Å². The van der Waals surface area contributed by atoms with Crippen LogP contribution < -0.4 is 0 Å². The number of rotatable bonds is 8. The van der Waals surface area contributed by atoms with E-state index in [-0.39, 0.29) is 36.9 Å². The molecular formula is C26H39N3O5. The minimum Gasteiger partial charge on any atom is -0.395 e. The molecule has 4 aliphatic rings. The number of likely N-dealkylation sites (tertiary alicyclic amines) is 1. The standard InChI is InChI=1S/C26H39N3O5/c1-5-10-18(4)28-15-9-12-26-20(23(32)29(16-17-30)21(26)24(28)33)19-22(31)27(13-6-2)14-8-11-25(19,7-3)34-26/h8-9,11-12,18-21,30H,5-7,10,13-17H2,1-4H3/t18?,19-,20-,21?,25+,26-/m0/s1. The van der Waals surface area contributed by atoms with E-state index >= 15 is 0 Å². The van der Waals surface area contributed by atoms with Crippen LogP contribution in [0.15, 0.2) is 24.3 Å². The number of fused-ring (bicyclic) bond motifs is 2. The monoisotopic (exact) mass is 473 g/mol. The first-order valence-corrected chi connectivity index (χ1v) is 12.9. The van der Waals surface area contributed by atoms with Crippen LogP contribution in [0.4, 0.5) is 0 Å². The van der Waals surface area contributed by atoms with Gasteiger partial charge in [-0.15, -0.1) is 0 Å². The van der Waals surface area contributed by atoms with Gasteiger partial charge in [0.1, 0.15) is 11.6 Å². The molecule has 8 heteroatoms. The molecular weight excluding hydrogens is 434 g/mol. The molecule has 6 atom stereocenters. The molecule has 0 radical (unpaired) electrons. The normalized spacial score (nSPS) is 35.9. The Bertz CT molecular complexity index is 888. The van der Waals surface area contributed by atoms with Gasteiger partial charge in [-0.25, -0.2) is 0 Å². The zero-order valence-corrected chi connectivity index (χ0v) is 20.9. The lowest BCUT2D eigenvalue weighted by Crippen LogP contribution is -2.57. The lowest BCUT2D eigenvalue weighted by atomic mass is 9.73. The maximum absolute atomic E-state index is 14.0. The van der Waals surface area contributed by atoms with Gasteiger partial charge < -0.3 is 24.5 Å². The van der Waals surface area contributed by atoms with Crippen LogP contribution in [0.2, 0.25) is 0 Å². The van der Waals surface area contributed by atoms with Crippen molar-refractivity contribution in [1.82, 2.24) is 14.7 Å². The lowest BCUT2D eigenvalue weighted by Gasteiger charge is -2.39. The van der Waals surface area contributed by atoms with Crippen molar-refractivity contribution >= 4 is 17.7 Å². The first kappa shape index (κ1) is 24.9.